The average molecular weight is 159 g/mol. The molecule has 0 aromatic carbocycles. The zero-order valence-electron chi connectivity index (χ0n) is 5.79. The van der Waals surface area contributed by atoms with Crippen molar-refractivity contribution in [1.82, 2.24) is 4.90 Å². The molecule has 0 aromatic rings. The van der Waals surface area contributed by atoms with Crippen LogP contribution in [-0.2, 0) is 9.59 Å². The molecule has 0 bridgehead atoms. The maximum Gasteiger partial charge on any atom is 0.301 e. The molecule has 0 aliphatic carbocycles. The van der Waals surface area contributed by atoms with Crippen molar-refractivity contribution in [1.29, 1.82) is 0 Å². The molecule has 0 radical (unpaired) electrons. The standard InChI is InChI=1S/C6H9NO2S/c1-2-7-3-4-10-6(9)5(7)8/h2-4H2,1H3. The van der Waals surface area contributed by atoms with Crippen molar-refractivity contribution < 1.29 is 9.59 Å². The molecule has 4 heteroatoms. The number of carbonyl (C=O) groups excluding carboxylic acids is 2. The van der Waals surface area contributed by atoms with Gasteiger partial charge in [0.15, 0.2) is 0 Å². The molecular formula is C6H9NO2S. The summed E-state index contributed by atoms with van der Waals surface area (Å²) in [5.41, 5.74) is 0. The summed E-state index contributed by atoms with van der Waals surface area (Å²) in [6.07, 6.45) is 0. The molecule has 1 aliphatic heterocycles. The molecule has 10 heavy (non-hydrogen) atoms. The summed E-state index contributed by atoms with van der Waals surface area (Å²) in [7, 11) is 0. The highest BCUT2D eigenvalue weighted by molar-refractivity contribution is 8.15. The highest BCUT2D eigenvalue weighted by Crippen LogP contribution is 2.11. The van der Waals surface area contributed by atoms with E-state index in [2.05, 4.69) is 0 Å². The number of hydrogen-bond acceptors (Lipinski definition) is 3. The van der Waals surface area contributed by atoms with Gasteiger partial charge in [0.25, 0.3) is 5.12 Å². The fraction of sp³-hybridized carbons (Fsp3) is 0.667. The van der Waals surface area contributed by atoms with Gasteiger partial charge < -0.3 is 4.90 Å². The van der Waals surface area contributed by atoms with Crippen LogP contribution in [0.4, 0.5) is 0 Å². The van der Waals surface area contributed by atoms with Gasteiger partial charge in [-0.25, -0.2) is 0 Å². The smallest absolute Gasteiger partial charge is 0.301 e. The summed E-state index contributed by atoms with van der Waals surface area (Å²) < 4.78 is 0. The number of rotatable bonds is 1. The first-order valence-electron chi connectivity index (χ1n) is 3.21. The van der Waals surface area contributed by atoms with Gasteiger partial charge in [0, 0.05) is 18.8 Å². The van der Waals surface area contributed by atoms with Gasteiger partial charge >= 0.3 is 5.91 Å². The number of thioether (sulfide) groups is 1. The number of amides is 1. The molecule has 1 heterocycles. The molecule has 0 aromatic heterocycles. The third-order valence-electron chi connectivity index (χ3n) is 1.44. The van der Waals surface area contributed by atoms with Crippen LogP contribution in [0.1, 0.15) is 6.92 Å². The van der Waals surface area contributed by atoms with Crippen LogP contribution in [0, 0.1) is 0 Å². The van der Waals surface area contributed by atoms with Crippen LogP contribution in [-0.4, -0.2) is 34.8 Å². The first-order chi connectivity index (χ1) is 4.75. The van der Waals surface area contributed by atoms with E-state index in [0.717, 1.165) is 17.5 Å². The highest BCUT2D eigenvalue weighted by atomic mass is 32.2. The minimum Gasteiger partial charge on any atom is -0.335 e. The predicted molar refractivity (Wildman–Crippen MR) is 39.7 cm³/mol. The molecule has 0 spiro atoms. The van der Waals surface area contributed by atoms with Crippen molar-refractivity contribution in [2.75, 3.05) is 18.8 Å². The van der Waals surface area contributed by atoms with Gasteiger partial charge in [-0.2, -0.15) is 0 Å². The van der Waals surface area contributed by atoms with E-state index in [1.807, 2.05) is 6.92 Å². The SMILES string of the molecule is CCN1CCSC(=O)C1=O. The molecule has 1 saturated heterocycles. The summed E-state index contributed by atoms with van der Waals surface area (Å²) in [6.45, 7) is 3.23. The van der Waals surface area contributed by atoms with Crippen LogP contribution in [0.25, 0.3) is 0 Å². The van der Waals surface area contributed by atoms with E-state index in [4.69, 9.17) is 0 Å². The van der Waals surface area contributed by atoms with E-state index in [1.54, 1.807) is 4.90 Å². The molecule has 1 fully saturated rings. The lowest BCUT2D eigenvalue weighted by molar-refractivity contribution is -0.140. The molecule has 1 aliphatic rings. The second kappa shape index (κ2) is 3.05. The normalized spacial score (nSPS) is 19.9. The maximum atomic E-state index is 10.9. The molecule has 0 unspecified atom stereocenters. The zero-order valence-corrected chi connectivity index (χ0v) is 6.61. The molecule has 0 N–H and O–H groups in total. The second-order valence-corrected chi connectivity index (χ2v) is 3.09. The van der Waals surface area contributed by atoms with Gasteiger partial charge in [-0.1, -0.05) is 11.8 Å². The number of likely N-dealkylation sites (N-methyl/N-ethyl adjacent to an activating group) is 1. The molecule has 0 atom stereocenters. The van der Waals surface area contributed by atoms with Gasteiger partial charge in [-0.15, -0.1) is 0 Å². The lowest BCUT2D eigenvalue weighted by Crippen LogP contribution is -2.40. The topological polar surface area (TPSA) is 37.4 Å². The number of carbonyl (C=O) groups is 2. The fourth-order valence-electron chi connectivity index (χ4n) is 0.843. The van der Waals surface area contributed by atoms with Crippen molar-refractivity contribution in [3.05, 3.63) is 0 Å². The van der Waals surface area contributed by atoms with Crippen LogP contribution < -0.4 is 0 Å². The monoisotopic (exact) mass is 159 g/mol. The molecule has 3 nitrogen and oxygen atoms in total. The predicted octanol–water partition coefficient (Wildman–Crippen LogP) is 0.108. The minimum atomic E-state index is -0.334. The Kier molecular flexibility index (Phi) is 2.32. The van der Waals surface area contributed by atoms with Crippen LogP contribution in [0.3, 0.4) is 0 Å². The van der Waals surface area contributed by atoms with Crippen molar-refractivity contribution in [3.8, 4) is 0 Å². The lowest BCUT2D eigenvalue weighted by Gasteiger charge is -2.22. The van der Waals surface area contributed by atoms with E-state index in [-0.39, 0.29) is 11.0 Å². The second-order valence-electron chi connectivity index (χ2n) is 2.02. The van der Waals surface area contributed by atoms with Gasteiger partial charge in [0.2, 0.25) is 0 Å². The van der Waals surface area contributed by atoms with E-state index in [0.29, 0.717) is 13.1 Å². The minimum absolute atomic E-state index is 0.312. The Labute approximate surface area is 63.8 Å². The molecular weight excluding hydrogens is 150 g/mol. The summed E-state index contributed by atoms with van der Waals surface area (Å²) in [4.78, 5) is 23.2. The first-order valence-corrected chi connectivity index (χ1v) is 4.20. The Hall–Kier alpha value is -0.510. The van der Waals surface area contributed by atoms with E-state index < -0.39 is 0 Å². The van der Waals surface area contributed by atoms with Crippen LogP contribution >= 0.6 is 11.8 Å². The van der Waals surface area contributed by atoms with E-state index in [1.165, 1.54) is 0 Å². The Morgan fingerprint density at radius 3 is 2.80 bits per heavy atom. The van der Waals surface area contributed by atoms with E-state index >= 15 is 0 Å². The molecule has 56 valence electrons. The van der Waals surface area contributed by atoms with Gasteiger partial charge in [0.1, 0.15) is 0 Å². The molecule has 0 saturated carbocycles. The largest absolute Gasteiger partial charge is 0.335 e. The van der Waals surface area contributed by atoms with Crippen LogP contribution in [0.15, 0.2) is 0 Å². The third kappa shape index (κ3) is 1.31. The maximum absolute atomic E-state index is 10.9. The summed E-state index contributed by atoms with van der Waals surface area (Å²) in [5, 5.41) is -0.312. The summed E-state index contributed by atoms with van der Waals surface area (Å²) in [5.74, 6) is 0.414. The Morgan fingerprint density at radius 1 is 1.60 bits per heavy atom. The molecule has 1 rings (SSSR count). The van der Waals surface area contributed by atoms with Gasteiger partial charge in [0.05, 0.1) is 0 Å². The van der Waals surface area contributed by atoms with Crippen molar-refractivity contribution >= 4 is 22.8 Å². The van der Waals surface area contributed by atoms with Gasteiger partial charge in [-0.3, -0.25) is 9.59 Å². The average Bonchev–Trinajstić information content (AvgIpc) is 1.95. The van der Waals surface area contributed by atoms with Crippen molar-refractivity contribution in [2.24, 2.45) is 0 Å². The fourth-order valence-corrected chi connectivity index (χ4v) is 1.59. The zero-order chi connectivity index (χ0) is 7.56. The first kappa shape index (κ1) is 7.60. The molecule has 1 amide bonds. The van der Waals surface area contributed by atoms with Crippen molar-refractivity contribution in [3.63, 3.8) is 0 Å². The highest BCUT2D eigenvalue weighted by Gasteiger charge is 2.25. The summed E-state index contributed by atoms with van der Waals surface area (Å²) >= 11 is 1.12. The Bertz CT molecular complexity index is 169. The van der Waals surface area contributed by atoms with Gasteiger partial charge in [-0.05, 0) is 6.92 Å². The van der Waals surface area contributed by atoms with E-state index in [9.17, 15) is 9.59 Å². The number of hydrogen-bond donors (Lipinski definition) is 0. The Morgan fingerprint density at radius 2 is 2.30 bits per heavy atom. The third-order valence-corrected chi connectivity index (χ3v) is 2.26. The quantitative estimate of drug-likeness (QED) is 0.509. The van der Waals surface area contributed by atoms with Crippen LogP contribution in [0.5, 0.6) is 0 Å². The van der Waals surface area contributed by atoms with Crippen LogP contribution in [0.2, 0.25) is 0 Å². The summed E-state index contributed by atoms with van der Waals surface area (Å²) in [6, 6.07) is 0. The van der Waals surface area contributed by atoms with Crippen molar-refractivity contribution in [2.45, 2.75) is 6.92 Å². The lowest BCUT2D eigenvalue weighted by atomic mass is 10.5. The Balaban J connectivity index is 2.60. The number of nitrogens with zero attached hydrogens (tertiary/aromatic N) is 1.